The number of hydrogen-bond donors (Lipinski definition) is 0. The molecule has 1 aliphatic rings. The van der Waals surface area contributed by atoms with Gasteiger partial charge in [0.1, 0.15) is 0 Å². The van der Waals surface area contributed by atoms with Crippen molar-refractivity contribution in [2.75, 3.05) is 33.2 Å². The molecule has 0 radical (unpaired) electrons. The first-order valence-corrected chi connectivity index (χ1v) is 15.1. The molecule has 1 heterocycles. The van der Waals surface area contributed by atoms with E-state index in [0.717, 1.165) is 44.5 Å². The molecule has 0 spiro atoms. The number of carbonyl (C=O) groups excluding carboxylic acids is 1. The molecule has 1 amide bonds. The summed E-state index contributed by atoms with van der Waals surface area (Å²) in [4.78, 5) is 17.5. The van der Waals surface area contributed by atoms with Crippen LogP contribution in [0.4, 0.5) is 0 Å². The maximum atomic E-state index is 13.1. The first-order chi connectivity index (χ1) is 20.0. The summed E-state index contributed by atoms with van der Waals surface area (Å²) < 4.78 is 0. The first kappa shape index (κ1) is 29.1. The number of benzene rings is 4. The van der Waals surface area contributed by atoms with Gasteiger partial charge in [0, 0.05) is 38.2 Å². The maximum Gasteiger partial charge on any atom is 0.253 e. The second kappa shape index (κ2) is 14.0. The molecule has 1 aliphatic heterocycles. The molecule has 210 valence electrons. The molecule has 0 bridgehead atoms. The maximum absolute atomic E-state index is 13.1. The van der Waals surface area contributed by atoms with Crippen molar-refractivity contribution in [3.8, 4) is 0 Å². The minimum atomic E-state index is 0.0257. The summed E-state index contributed by atoms with van der Waals surface area (Å²) in [6.45, 7) is 3.60. The van der Waals surface area contributed by atoms with Gasteiger partial charge in [-0.05, 0) is 72.3 Å². The van der Waals surface area contributed by atoms with E-state index >= 15 is 0 Å². The summed E-state index contributed by atoms with van der Waals surface area (Å²) in [6, 6.07) is 36.8. The molecule has 5 rings (SSSR count). The van der Waals surface area contributed by atoms with Gasteiger partial charge in [-0.1, -0.05) is 114 Å². The second-order valence-electron chi connectivity index (χ2n) is 10.8. The van der Waals surface area contributed by atoms with Gasteiger partial charge in [-0.2, -0.15) is 0 Å². The number of amides is 1. The highest BCUT2D eigenvalue weighted by Gasteiger charge is 2.23. The van der Waals surface area contributed by atoms with E-state index in [-0.39, 0.29) is 11.8 Å². The highest BCUT2D eigenvalue weighted by Crippen LogP contribution is 2.33. The lowest BCUT2D eigenvalue weighted by Crippen LogP contribution is -2.35. The lowest BCUT2D eigenvalue weighted by Gasteiger charge is -2.32. The van der Waals surface area contributed by atoms with Gasteiger partial charge in [0.15, 0.2) is 0 Å². The van der Waals surface area contributed by atoms with Crippen LogP contribution in [-0.2, 0) is 0 Å². The smallest absolute Gasteiger partial charge is 0.253 e. The van der Waals surface area contributed by atoms with Crippen LogP contribution in [0.3, 0.4) is 0 Å². The standard InChI is InChI=1S/C36H36Cl2N2O/c1-39(36(41)30-15-9-4-10-16-30)26-32(31-17-18-33(37)34(38)25-31)21-24-40-22-19-29(20-23-40)35(27-11-5-2-6-12-27)28-13-7-3-8-14-28/h2-18,25,32H,19-24,26H2,1H3. The van der Waals surface area contributed by atoms with Crippen LogP contribution in [0.1, 0.15) is 52.2 Å². The summed E-state index contributed by atoms with van der Waals surface area (Å²) >= 11 is 12.7. The summed E-state index contributed by atoms with van der Waals surface area (Å²) in [5.74, 6) is 0.168. The summed E-state index contributed by atoms with van der Waals surface area (Å²) in [6.07, 6.45) is 3.01. The number of rotatable bonds is 9. The quantitative estimate of drug-likeness (QED) is 0.197. The topological polar surface area (TPSA) is 23.6 Å². The Morgan fingerprint density at radius 3 is 1.83 bits per heavy atom. The first-order valence-electron chi connectivity index (χ1n) is 14.3. The number of halogens is 2. The highest BCUT2D eigenvalue weighted by molar-refractivity contribution is 6.42. The average Bonchev–Trinajstić information content (AvgIpc) is 3.02. The van der Waals surface area contributed by atoms with Crippen molar-refractivity contribution in [1.82, 2.24) is 9.80 Å². The molecule has 0 N–H and O–H groups in total. The van der Waals surface area contributed by atoms with Crippen molar-refractivity contribution in [1.29, 1.82) is 0 Å². The molecule has 1 atom stereocenters. The molecule has 1 fully saturated rings. The van der Waals surface area contributed by atoms with Crippen molar-refractivity contribution in [3.63, 3.8) is 0 Å². The molecule has 0 saturated carbocycles. The number of likely N-dealkylation sites (N-methyl/N-ethyl adjacent to an activating group) is 1. The lowest BCUT2D eigenvalue weighted by atomic mass is 9.88. The van der Waals surface area contributed by atoms with Crippen LogP contribution in [0.5, 0.6) is 0 Å². The van der Waals surface area contributed by atoms with Crippen LogP contribution < -0.4 is 0 Å². The van der Waals surface area contributed by atoms with Gasteiger partial charge >= 0.3 is 0 Å². The van der Waals surface area contributed by atoms with E-state index in [0.29, 0.717) is 22.2 Å². The predicted molar refractivity (Wildman–Crippen MR) is 172 cm³/mol. The van der Waals surface area contributed by atoms with Gasteiger partial charge in [0.05, 0.1) is 10.0 Å². The Kier molecular flexibility index (Phi) is 9.95. The van der Waals surface area contributed by atoms with Crippen LogP contribution >= 0.6 is 23.2 Å². The largest absolute Gasteiger partial charge is 0.341 e. The van der Waals surface area contributed by atoms with Crippen molar-refractivity contribution >= 4 is 34.7 Å². The lowest BCUT2D eigenvalue weighted by molar-refractivity contribution is 0.0782. The van der Waals surface area contributed by atoms with Crippen LogP contribution in [0.15, 0.2) is 115 Å². The third-order valence-electron chi connectivity index (χ3n) is 8.01. The van der Waals surface area contributed by atoms with Crippen LogP contribution in [0.2, 0.25) is 10.0 Å². The molecular weight excluding hydrogens is 547 g/mol. The van der Waals surface area contributed by atoms with Crippen LogP contribution in [0.25, 0.3) is 5.57 Å². The van der Waals surface area contributed by atoms with E-state index in [4.69, 9.17) is 23.2 Å². The Balaban J connectivity index is 1.29. The van der Waals surface area contributed by atoms with Gasteiger partial charge in [-0.3, -0.25) is 4.79 Å². The molecule has 4 aromatic carbocycles. The van der Waals surface area contributed by atoms with E-state index in [1.165, 1.54) is 22.3 Å². The Labute approximate surface area is 254 Å². The third kappa shape index (κ3) is 7.48. The van der Waals surface area contributed by atoms with Crippen LogP contribution in [0, 0.1) is 0 Å². The molecule has 41 heavy (non-hydrogen) atoms. The van der Waals surface area contributed by atoms with E-state index in [1.807, 2.05) is 60.5 Å². The summed E-state index contributed by atoms with van der Waals surface area (Å²) in [5.41, 5.74) is 7.28. The van der Waals surface area contributed by atoms with Gasteiger partial charge in [-0.15, -0.1) is 0 Å². The van der Waals surface area contributed by atoms with E-state index in [2.05, 4.69) is 65.6 Å². The zero-order valence-corrected chi connectivity index (χ0v) is 25.0. The highest BCUT2D eigenvalue weighted by atomic mass is 35.5. The summed E-state index contributed by atoms with van der Waals surface area (Å²) in [7, 11) is 1.88. The fourth-order valence-corrected chi connectivity index (χ4v) is 6.07. The van der Waals surface area contributed by atoms with Crippen molar-refractivity contribution in [3.05, 3.63) is 147 Å². The van der Waals surface area contributed by atoms with E-state index in [1.54, 1.807) is 0 Å². The molecule has 3 nitrogen and oxygen atoms in total. The van der Waals surface area contributed by atoms with Gasteiger partial charge in [0.25, 0.3) is 5.91 Å². The zero-order valence-electron chi connectivity index (χ0n) is 23.5. The predicted octanol–water partition coefficient (Wildman–Crippen LogP) is 8.84. The third-order valence-corrected chi connectivity index (χ3v) is 8.75. The van der Waals surface area contributed by atoms with Crippen molar-refractivity contribution in [2.24, 2.45) is 0 Å². The van der Waals surface area contributed by atoms with Crippen molar-refractivity contribution < 1.29 is 4.79 Å². The molecule has 5 heteroatoms. The van der Waals surface area contributed by atoms with Gasteiger partial charge < -0.3 is 9.80 Å². The fraction of sp³-hybridized carbons (Fsp3) is 0.250. The monoisotopic (exact) mass is 582 g/mol. The van der Waals surface area contributed by atoms with Gasteiger partial charge in [-0.25, -0.2) is 0 Å². The normalized spacial score (nSPS) is 14.5. The van der Waals surface area contributed by atoms with E-state index in [9.17, 15) is 4.79 Å². The number of carbonyl (C=O) groups is 1. The van der Waals surface area contributed by atoms with Gasteiger partial charge in [0.2, 0.25) is 0 Å². The molecule has 0 aromatic heterocycles. The Morgan fingerprint density at radius 2 is 1.29 bits per heavy atom. The Hall–Kier alpha value is -3.37. The zero-order chi connectivity index (χ0) is 28.6. The molecule has 0 aliphatic carbocycles. The number of piperidine rings is 1. The molecule has 1 unspecified atom stereocenters. The summed E-state index contributed by atoms with van der Waals surface area (Å²) in [5, 5.41) is 1.10. The number of nitrogens with zero attached hydrogens (tertiary/aromatic N) is 2. The molecule has 4 aromatic rings. The Bertz CT molecular complexity index is 1420. The SMILES string of the molecule is CN(CC(CCN1CCC(=C(c2ccccc2)c2ccccc2)CC1)c1ccc(Cl)c(Cl)c1)C(=O)c1ccccc1. The van der Waals surface area contributed by atoms with Crippen molar-refractivity contribution in [2.45, 2.75) is 25.2 Å². The number of hydrogen-bond acceptors (Lipinski definition) is 2. The number of likely N-dealkylation sites (tertiary alicyclic amines) is 1. The average molecular weight is 584 g/mol. The van der Waals surface area contributed by atoms with Crippen LogP contribution in [-0.4, -0.2) is 48.9 Å². The fourth-order valence-electron chi connectivity index (χ4n) is 5.76. The van der Waals surface area contributed by atoms with E-state index < -0.39 is 0 Å². The second-order valence-corrected chi connectivity index (χ2v) is 11.6. The minimum Gasteiger partial charge on any atom is -0.341 e. The molecule has 1 saturated heterocycles. The minimum absolute atomic E-state index is 0.0257. The Morgan fingerprint density at radius 1 is 0.756 bits per heavy atom. The molecular formula is C36H36Cl2N2O.